The molecule has 1 aliphatic heterocycles. The molecule has 2 aromatic rings. The van der Waals surface area contributed by atoms with Crippen molar-refractivity contribution in [1.82, 2.24) is 0 Å². The molecule has 156 valence electrons. The molecule has 6 heteroatoms. The number of carbonyl (C=O) groups excluding carboxylic acids is 3. The van der Waals surface area contributed by atoms with Gasteiger partial charge in [0.1, 0.15) is 0 Å². The molecule has 2 aromatic carbocycles. The fraction of sp³-hybridized carbons (Fsp3) is 0.292. The molecule has 1 N–H and O–H groups in total. The molecule has 6 nitrogen and oxygen atoms in total. The molecule has 1 amide bonds. The molecule has 1 atom stereocenters. The Morgan fingerprint density at radius 1 is 1.03 bits per heavy atom. The lowest BCUT2D eigenvalue weighted by Gasteiger charge is -2.27. The fourth-order valence-electron chi connectivity index (χ4n) is 3.55. The van der Waals surface area contributed by atoms with Gasteiger partial charge in [0.25, 0.3) is 5.91 Å². The predicted octanol–water partition coefficient (Wildman–Crippen LogP) is 4.52. The van der Waals surface area contributed by atoms with E-state index >= 15 is 0 Å². The van der Waals surface area contributed by atoms with Crippen LogP contribution in [0.15, 0.2) is 65.9 Å². The molecule has 0 aliphatic carbocycles. The Bertz CT molecular complexity index is 963. The number of hydrogen-bond acceptors (Lipinski definition) is 5. The van der Waals surface area contributed by atoms with Gasteiger partial charge in [0.05, 0.1) is 23.8 Å². The van der Waals surface area contributed by atoms with E-state index in [-0.39, 0.29) is 24.4 Å². The molecule has 0 saturated carbocycles. The van der Waals surface area contributed by atoms with Gasteiger partial charge in [0.2, 0.25) is 0 Å². The molecule has 1 aliphatic rings. The van der Waals surface area contributed by atoms with Gasteiger partial charge in [-0.3, -0.25) is 14.5 Å². The van der Waals surface area contributed by atoms with E-state index < -0.39 is 23.7 Å². The normalized spacial score (nSPS) is 16.1. The van der Waals surface area contributed by atoms with Crippen molar-refractivity contribution in [3.63, 3.8) is 0 Å². The predicted molar refractivity (Wildman–Crippen MR) is 113 cm³/mol. The van der Waals surface area contributed by atoms with Crippen molar-refractivity contribution in [3.8, 4) is 0 Å². The second kappa shape index (κ2) is 9.39. The largest absolute Gasteiger partial charge is 0.503 e. The number of ether oxygens (including phenoxy) is 1. The van der Waals surface area contributed by atoms with Crippen molar-refractivity contribution in [2.45, 2.75) is 39.2 Å². The number of nitrogens with zero attached hydrogens (tertiary/aromatic N) is 1. The molecular formula is C24H25NO5. The molecule has 3 rings (SSSR count). The Morgan fingerprint density at radius 3 is 2.30 bits per heavy atom. The van der Waals surface area contributed by atoms with Gasteiger partial charge in [-0.15, -0.1) is 0 Å². The monoisotopic (exact) mass is 407 g/mol. The second-order valence-corrected chi connectivity index (χ2v) is 7.04. The zero-order valence-electron chi connectivity index (χ0n) is 17.1. The number of rotatable bonds is 8. The van der Waals surface area contributed by atoms with E-state index in [0.29, 0.717) is 17.7 Å². The van der Waals surface area contributed by atoms with Crippen LogP contribution < -0.4 is 4.90 Å². The molecule has 0 radical (unpaired) electrons. The van der Waals surface area contributed by atoms with Crippen molar-refractivity contribution < 1.29 is 24.2 Å². The quantitative estimate of drug-likeness (QED) is 0.650. The number of aliphatic hydroxyl groups excluding tert-OH is 1. The SMILES string of the molecule is CCCCC(=O)C1=C(O)C(=O)N(c2ccc(C(=O)OCC)cc2)C1c1ccccc1. The number of unbranched alkanes of at least 4 members (excludes halogenated alkanes) is 1. The summed E-state index contributed by atoms with van der Waals surface area (Å²) in [6, 6.07) is 14.8. The molecule has 30 heavy (non-hydrogen) atoms. The third kappa shape index (κ3) is 4.13. The van der Waals surface area contributed by atoms with Gasteiger partial charge in [0, 0.05) is 12.1 Å². The summed E-state index contributed by atoms with van der Waals surface area (Å²) in [6.45, 7) is 3.97. The minimum atomic E-state index is -0.725. The number of hydrogen-bond donors (Lipinski definition) is 1. The summed E-state index contributed by atoms with van der Waals surface area (Å²) < 4.78 is 5.00. The van der Waals surface area contributed by atoms with Crippen LogP contribution in [0.2, 0.25) is 0 Å². The maximum atomic E-state index is 13.0. The van der Waals surface area contributed by atoms with Crippen LogP contribution in [0.25, 0.3) is 0 Å². The highest BCUT2D eigenvalue weighted by Gasteiger charge is 2.43. The summed E-state index contributed by atoms with van der Waals surface area (Å²) in [6.07, 6.45) is 1.78. The van der Waals surface area contributed by atoms with E-state index in [2.05, 4.69) is 0 Å². The highest BCUT2D eigenvalue weighted by atomic mass is 16.5. The highest BCUT2D eigenvalue weighted by Crippen LogP contribution is 2.41. The maximum Gasteiger partial charge on any atom is 0.338 e. The standard InChI is InChI=1S/C24H25NO5/c1-3-5-11-19(26)20-21(16-9-7-6-8-10-16)25(23(28)22(20)27)18-14-12-17(13-15-18)24(29)30-4-2/h6-10,12-15,21,27H,3-5,11H2,1-2H3. The Kier molecular flexibility index (Phi) is 6.67. The van der Waals surface area contributed by atoms with Gasteiger partial charge in [-0.25, -0.2) is 4.79 Å². The van der Waals surface area contributed by atoms with Crippen LogP contribution in [-0.2, 0) is 14.3 Å². The molecule has 0 bridgehead atoms. The van der Waals surface area contributed by atoms with E-state index in [1.807, 2.05) is 37.3 Å². The van der Waals surface area contributed by atoms with E-state index in [1.54, 1.807) is 31.2 Å². The minimum Gasteiger partial charge on any atom is -0.503 e. The maximum absolute atomic E-state index is 13.0. The highest BCUT2D eigenvalue weighted by molar-refractivity contribution is 6.16. The Labute approximate surface area is 175 Å². The van der Waals surface area contributed by atoms with Crippen LogP contribution in [-0.4, -0.2) is 29.4 Å². The summed E-state index contributed by atoms with van der Waals surface area (Å²) in [4.78, 5) is 39.2. The van der Waals surface area contributed by atoms with Gasteiger partial charge in [0.15, 0.2) is 11.5 Å². The molecule has 0 fully saturated rings. The lowest BCUT2D eigenvalue weighted by atomic mass is 9.93. The van der Waals surface area contributed by atoms with Crippen molar-refractivity contribution in [3.05, 3.63) is 77.1 Å². The molecule has 0 spiro atoms. The lowest BCUT2D eigenvalue weighted by molar-refractivity contribution is -0.118. The molecule has 1 unspecified atom stereocenters. The first-order valence-electron chi connectivity index (χ1n) is 10.1. The Hall–Kier alpha value is -3.41. The fourth-order valence-corrected chi connectivity index (χ4v) is 3.55. The average molecular weight is 407 g/mol. The van der Waals surface area contributed by atoms with Crippen LogP contribution >= 0.6 is 0 Å². The smallest absolute Gasteiger partial charge is 0.338 e. The molecule has 0 aromatic heterocycles. The van der Waals surface area contributed by atoms with Crippen molar-refractivity contribution in [2.75, 3.05) is 11.5 Å². The number of amides is 1. The first-order chi connectivity index (χ1) is 14.5. The third-order valence-corrected chi connectivity index (χ3v) is 5.04. The molecule has 1 heterocycles. The third-order valence-electron chi connectivity index (χ3n) is 5.04. The number of aliphatic hydroxyl groups is 1. The minimum absolute atomic E-state index is 0.120. The summed E-state index contributed by atoms with van der Waals surface area (Å²) in [5, 5.41) is 10.6. The number of ketones is 1. The Morgan fingerprint density at radius 2 is 1.70 bits per heavy atom. The van der Waals surface area contributed by atoms with Crippen molar-refractivity contribution in [2.24, 2.45) is 0 Å². The van der Waals surface area contributed by atoms with Gasteiger partial charge in [-0.05, 0) is 43.2 Å². The van der Waals surface area contributed by atoms with Gasteiger partial charge >= 0.3 is 5.97 Å². The van der Waals surface area contributed by atoms with Crippen LogP contribution in [0.4, 0.5) is 5.69 Å². The summed E-state index contributed by atoms with van der Waals surface area (Å²) >= 11 is 0. The zero-order chi connectivity index (χ0) is 21.7. The number of anilines is 1. The van der Waals surface area contributed by atoms with Crippen LogP contribution in [0, 0.1) is 0 Å². The van der Waals surface area contributed by atoms with Gasteiger partial charge in [-0.2, -0.15) is 0 Å². The summed E-state index contributed by atoms with van der Waals surface area (Å²) in [7, 11) is 0. The topological polar surface area (TPSA) is 83.9 Å². The van der Waals surface area contributed by atoms with E-state index in [9.17, 15) is 19.5 Å². The van der Waals surface area contributed by atoms with Crippen molar-refractivity contribution >= 4 is 23.3 Å². The number of benzene rings is 2. The first-order valence-corrected chi connectivity index (χ1v) is 10.1. The van der Waals surface area contributed by atoms with E-state index in [4.69, 9.17) is 4.74 Å². The lowest BCUT2D eigenvalue weighted by Crippen LogP contribution is -2.31. The van der Waals surface area contributed by atoms with Crippen LogP contribution in [0.5, 0.6) is 0 Å². The first kappa shape index (κ1) is 21.3. The van der Waals surface area contributed by atoms with Crippen molar-refractivity contribution in [1.29, 1.82) is 0 Å². The van der Waals surface area contributed by atoms with E-state index in [1.165, 1.54) is 4.90 Å². The summed E-state index contributed by atoms with van der Waals surface area (Å²) in [5.74, 6) is -1.83. The number of Topliss-reactive ketones (excluding diaryl/α,β-unsaturated/α-hetero) is 1. The van der Waals surface area contributed by atoms with Crippen LogP contribution in [0.3, 0.4) is 0 Å². The molecule has 0 saturated heterocycles. The molecular weight excluding hydrogens is 382 g/mol. The Balaban J connectivity index is 2.02. The van der Waals surface area contributed by atoms with E-state index in [0.717, 1.165) is 12.0 Å². The van der Waals surface area contributed by atoms with Crippen LogP contribution in [0.1, 0.15) is 55.1 Å². The average Bonchev–Trinajstić information content (AvgIpc) is 3.03. The van der Waals surface area contributed by atoms with Gasteiger partial charge < -0.3 is 9.84 Å². The zero-order valence-corrected chi connectivity index (χ0v) is 17.1. The number of carbonyl (C=O) groups is 3. The number of esters is 1. The second-order valence-electron chi connectivity index (χ2n) is 7.04. The van der Waals surface area contributed by atoms with Gasteiger partial charge in [-0.1, -0.05) is 43.7 Å². The summed E-state index contributed by atoms with van der Waals surface area (Å²) in [5.41, 5.74) is 1.69.